The molecule has 2 aromatic rings. The van der Waals surface area contributed by atoms with E-state index in [0.29, 0.717) is 23.3 Å². The van der Waals surface area contributed by atoms with E-state index in [1.54, 1.807) is 48.5 Å². The lowest BCUT2D eigenvalue weighted by Gasteiger charge is -1.89. The van der Waals surface area contributed by atoms with Crippen molar-refractivity contribution < 1.29 is 29.4 Å². The second-order valence-corrected chi connectivity index (χ2v) is 4.47. The van der Waals surface area contributed by atoms with Gasteiger partial charge in [0.05, 0.1) is 0 Å². The Kier molecular flexibility index (Phi) is 10.6. The first-order valence-corrected chi connectivity index (χ1v) is 7.07. The Labute approximate surface area is 149 Å². The molecule has 0 aliphatic heterocycles. The average Bonchev–Trinajstić information content (AvgIpc) is 2.62. The standard InChI is InChI=1S/2C7H7NO.C4H4O4/c2*8-7(9)6-4-2-1-3-5-6;5-3(6)1-2-4(7)8/h2*1-5H,(H2,8,9);1-2H,(H,5,6)(H,7,8)/b;;2-1+. The molecule has 0 aromatic heterocycles. The molecular weight excluding hydrogens is 340 g/mol. The first-order valence-electron chi connectivity index (χ1n) is 7.07. The van der Waals surface area contributed by atoms with Gasteiger partial charge in [-0.05, 0) is 24.3 Å². The number of carbonyl (C=O) groups excluding carboxylic acids is 2. The van der Waals surface area contributed by atoms with Gasteiger partial charge >= 0.3 is 11.9 Å². The molecule has 6 N–H and O–H groups in total. The summed E-state index contributed by atoms with van der Waals surface area (Å²) in [5.74, 6) is -3.27. The van der Waals surface area contributed by atoms with E-state index >= 15 is 0 Å². The third-order valence-electron chi connectivity index (χ3n) is 2.49. The van der Waals surface area contributed by atoms with Crippen LogP contribution in [0.2, 0.25) is 0 Å². The summed E-state index contributed by atoms with van der Waals surface area (Å²) < 4.78 is 0. The second kappa shape index (κ2) is 12.5. The minimum absolute atomic E-state index is 0.379. The van der Waals surface area contributed by atoms with Crippen LogP contribution in [0.3, 0.4) is 0 Å². The molecule has 0 heterocycles. The third kappa shape index (κ3) is 11.6. The summed E-state index contributed by atoms with van der Waals surface area (Å²) in [6.45, 7) is 0. The summed E-state index contributed by atoms with van der Waals surface area (Å²) in [4.78, 5) is 40.0. The Morgan fingerprint density at radius 1 is 0.615 bits per heavy atom. The van der Waals surface area contributed by atoms with E-state index in [0.717, 1.165) is 0 Å². The fraction of sp³-hybridized carbons (Fsp3) is 0. The van der Waals surface area contributed by atoms with Crippen molar-refractivity contribution in [3.63, 3.8) is 0 Å². The minimum atomic E-state index is -1.26. The molecule has 2 rings (SSSR count). The number of primary amides is 2. The fourth-order valence-electron chi connectivity index (χ4n) is 1.35. The van der Waals surface area contributed by atoms with Crippen molar-refractivity contribution in [2.75, 3.05) is 0 Å². The van der Waals surface area contributed by atoms with E-state index in [2.05, 4.69) is 0 Å². The first kappa shape index (κ1) is 22.1. The monoisotopic (exact) mass is 358 g/mol. The molecule has 0 unspecified atom stereocenters. The SMILES string of the molecule is NC(=O)c1ccccc1.NC(=O)c1ccccc1.O=C(O)/C=C/C(=O)O. The van der Waals surface area contributed by atoms with Crippen molar-refractivity contribution in [2.45, 2.75) is 0 Å². The summed E-state index contributed by atoms with van der Waals surface area (Å²) >= 11 is 0. The number of nitrogens with two attached hydrogens (primary N) is 2. The number of carbonyl (C=O) groups is 4. The van der Waals surface area contributed by atoms with Crippen LogP contribution in [0.4, 0.5) is 0 Å². The van der Waals surface area contributed by atoms with E-state index < -0.39 is 11.9 Å². The van der Waals surface area contributed by atoms with Gasteiger partial charge in [-0.1, -0.05) is 36.4 Å². The van der Waals surface area contributed by atoms with Gasteiger partial charge in [0.25, 0.3) is 0 Å². The second-order valence-electron chi connectivity index (χ2n) is 4.47. The highest BCUT2D eigenvalue weighted by Crippen LogP contribution is 1.95. The van der Waals surface area contributed by atoms with Crippen LogP contribution in [0.25, 0.3) is 0 Å². The van der Waals surface area contributed by atoms with E-state index in [-0.39, 0.29) is 11.8 Å². The van der Waals surface area contributed by atoms with E-state index in [9.17, 15) is 19.2 Å². The Morgan fingerprint density at radius 2 is 0.885 bits per heavy atom. The summed E-state index contributed by atoms with van der Waals surface area (Å²) in [5, 5.41) is 15.6. The van der Waals surface area contributed by atoms with Gasteiger partial charge in [0.2, 0.25) is 11.8 Å². The van der Waals surface area contributed by atoms with Crippen LogP contribution in [0.15, 0.2) is 72.8 Å². The van der Waals surface area contributed by atoms with Crippen molar-refractivity contribution in [3.8, 4) is 0 Å². The molecule has 0 aliphatic carbocycles. The molecule has 2 aromatic carbocycles. The lowest BCUT2D eigenvalue weighted by molar-refractivity contribution is -0.134. The Morgan fingerprint density at radius 3 is 1.04 bits per heavy atom. The van der Waals surface area contributed by atoms with Gasteiger partial charge in [0.15, 0.2) is 0 Å². The number of amides is 2. The number of carboxylic acid groups (broad SMARTS) is 2. The van der Waals surface area contributed by atoms with Crippen LogP contribution in [0.5, 0.6) is 0 Å². The first-order chi connectivity index (χ1) is 12.2. The molecule has 0 saturated heterocycles. The lowest BCUT2D eigenvalue weighted by atomic mass is 10.2. The number of hydrogen-bond donors (Lipinski definition) is 4. The molecule has 0 fully saturated rings. The van der Waals surface area contributed by atoms with Crippen molar-refractivity contribution in [3.05, 3.63) is 83.9 Å². The highest BCUT2D eigenvalue weighted by atomic mass is 16.4. The summed E-state index contributed by atoms with van der Waals surface area (Å²) in [5.41, 5.74) is 11.1. The molecule has 8 heteroatoms. The maximum atomic E-state index is 10.4. The van der Waals surface area contributed by atoms with Gasteiger partial charge < -0.3 is 21.7 Å². The molecule has 0 aliphatic rings. The predicted molar refractivity (Wildman–Crippen MR) is 94.3 cm³/mol. The van der Waals surface area contributed by atoms with E-state index in [1.165, 1.54) is 0 Å². The maximum Gasteiger partial charge on any atom is 0.328 e. The van der Waals surface area contributed by atoms with Gasteiger partial charge in [-0.25, -0.2) is 9.59 Å². The maximum absolute atomic E-state index is 10.4. The van der Waals surface area contributed by atoms with Gasteiger partial charge in [0, 0.05) is 23.3 Å². The molecule has 0 radical (unpaired) electrons. The molecule has 26 heavy (non-hydrogen) atoms. The normalized spacial score (nSPS) is 9.08. The molecule has 136 valence electrons. The molecule has 0 atom stereocenters. The third-order valence-corrected chi connectivity index (χ3v) is 2.49. The number of hydrogen-bond acceptors (Lipinski definition) is 4. The highest BCUT2D eigenvalue weighted by molar-refractivity contribution is 5.93. The van der Waals surface area contributed by atoms with Crippen LogP contribution >= 0.6 is 0 Å². The van der Waals surface area contributed by atoms with Crippen LogP contribution in [-0.2, 0) is 9.59 Å². The van der Waals surface area contributed by atoms with Crippen molar-refractivity contribution in [2.24, 2.45) is 11.5 Å². The van der Waals surface area contributed by atoms with Crippen LogP contribution in [0, 0.1) is 0 Å². The summed E-state index contributed by atoms with van der Waals surface area (Å²) in [6, 6.07) is 17.5. The van der Waals surface area contributed by atoms with Crippen molar-refractivity contribution >= 4 is 23.8 Å². The Bertz CT molecular complexity index is 692. The number of benzene rings is 2. The van der Waals surface area contributed by atoms with Crippen LogP contribution < -0.4 is 11.5 Å². The molecule has 0 bridgehead atoms. The topological polar surface area (TPSA) is 161 Å². The largest absolute Gasteiger partial charge is 0.478 e. The highest BCUT2D eigenvalue weighted by Gasteiger charge is 1.94. The summed E-state index contributed by atoms with van der Waals surface area (Å²) in [6.07, 6.45) is 1.12. The van der Waals surface area contributed by atoms with Crippen molar-refractivity contribution in [1.82, 2.24) is 0 Å². The van der Waals surface area contributed by atoms with Crippen LogP contribution in [0.1, 0.15) is 20.7 Å². The molecule has 0 saturated carbocycles. The quantitative estimate of drug-likeness (QED) is 0.602. The lowest BCUT2D eigenvalue weighted by Crippen LogP contribution is -2.09. The van der Waals surface area contributed by atoms with Gasteiger partial charge in [0.1, 0.15) is 0 Å². The summed E-state index contributed by atoms with van der Waals surface area (Å²) in [7, 11) is 0. The number of rotatable bonds is 4. The average molecular weight is 358 g/mol. The van der Waals surface area contributed by atoms with Gasteiger partial charge in [-0.2, -0.15) is 0 Å². The van der Waals surface area contributed by atoms with Gasteiger partial charge in [-0.3, -0.25) is 9.59 Å². The van der Waals surface area contributed by atoms with Crippen LogP contribution in [-0.4, -0.2) is 34.0 Å². The Balaban J connectivity index is 0.000000362. The van der Waals surface area contributed by atoms with Crippen molar-refractivity contribution in [1.29, 1.82) is 0 Å². The predicted octanol–water partition coefficient (Wildman–Crippen LogP) is 1.28. The Hall–Kier alpha value is -3.94. The smallest absolute Gasteiger partial charge is 0.328 e. The van der Waals surface area contributed by atoms with E-state index in [4.69, 9.17) is 21.7 Å². The molecule has 8 nitrogen and oxygen atoms in total. The number of aliphatic carboxylic acids is 2. The molecular formula is C18H18N2O6. The zero-order valence-electron chi connectivity index (χ0n) is 13.6. The number of carboxylic acids is 2. The van der Waals surface area contributed by atoms with Gasteiger partial charge in [-0.15, -0.1) is 0 Å². The molecule has 2 amide bonds. The fourth-order valence-corrected chi connectivity index (χ4v) is 1.35. The zero-order chi connectivity index (χ0) is 19.9. The van der Waals surface area contributed by atoms with E-state index in [1.807, 2.05) is 12.1 Å². The molecule has 0 spiro atoms. The minimum Gasteiger partial charge on any atom is -0.478 e. The zero-order valence-corrected chi connectivity index (χ0v) is 13.6.